The fourth-order valence-electron chi connectivity index (χ4n) is 3.39. The second-order valence-electron chi connectivity index (χ2n) is 6.27. The molecule has 0 unspecified atom stereocenters. The normalized spacial score (nSPS) is 18.3. The molecule has 2 heterocycles. The smallest absolute Gasteiger partial charge is 0.225 e. The molecular weight excluding hydrogens is 318 g/mol. The van der Waals surface area contributed by atoms with Crippen molar-refractivity contribution < 1.29 is 19.0 Å². The number of amides is 1. The van der Waals surface area contributed by atoms with Crippen molar-refractivity contribution in [1.82, 2.24) is 0 Å². The van der Waals surface area contributed by atoms with Crippen LogP contribution in [0.25, 0.3) is 0 Å². The summed E-state index contributed by atoms with van der Waals surface area (Å²) < 4.78 is 17.3. The first-order chi connectivity index (χ1) is 12.3. The van der Waals surface area contributed by atoms with Crippen LogP contribution in [0.5, 0.6) is 17.2 Å². The van der Waals surface area contributed by atoms with Crippen molar-refractivity contribution >= 4 is 11.6 Å². The minimum Gasteiger partial charge on any atom is -0.493 e. The van der Waals surface area contributed by atoms with Gasteiger partial charge in [-0.05, 0) is 24.1 Å². The SMILES string of the molecule is CCCOc1ccccc1[C@@H]1CC(=O)Nc2cc3c(cc21)OCCO3. The van der Waals surface area contributed by atoms with Crippen LogP contribution in [0.3, 0.4) is 0 Å². The monoisotopic (exact) mass is 339 g/mol. The van der Waals surface area contributed by atoms with Crippen molar-refractivity contribution in [1.29, 1.82) is 0 Å². The Morgan fingerprint density at radius 2 is 1.88 bits per heavy atom. The minimum atomic E-state index is -0.0624. The third kappa shape index (κ3) is 3.02. The van der Waals surface area contributed by atoms with Crippen LogP contribution in [0.2, 0.25) is 0 Å². The fourth-order valence-corrected chi connectivity index (χ4v) is 3.39. The van der Waals surface area contributed by atoms with Gasteiger partial charge < -0.3 is 19.5 Å². The van der Waals surface area contributed by atoms with Gasteiger partial charge in [-0.3, -0.25) is 4.79 Å². The third-order valence-corrected chi connectivity index (χ3v) is 4.51. The molecule has 2 aromatic rings. The summed E-state index contributed by atoms with van der Waals surface area (Å²) in [5, 5.41) is 2.96. The minimum absolute atomic E-state index is 0.000489. The molecule has 0 saturated carbocycles. The Balaban J connectivity index is 1.78. The Morgan fingerprint density at radius 3 is 2.68 bits per heavy atom. The molecule has 5 heteroatoms. The van der Waals surface area contributed by atoms with Crippen molar-refractivity contribution in [3.63, 3.8) is 0 Å². The van der Waals surface area contributed by atoms with Crippen LogP contribution in [-0.4, -0.2) is 25.7 Å². The van der Waals surface area contributed by atoms with E-state index in [0.29, 0.717) is 32.0 Å². The molecule has 4 rings (SSSR count). The van der Waals surface area contributed by atoms with E-state index in [0.717, 1.165) is 34.7 Å². The number of rotatable bonds is 4. The summed E-state index contributed by atoms with van der Waals surface area (Å²) in [5.41, 5.74) is 2.86. The van der Waals surface area contributed by atoms with Crippen LogP contribution in [-0.2, 0) is 4.79 Å². The first-order valence-corrected chi connectivity index (χ1v) is 8.71. The lowest BCUT2D eigenvalue weighted by atomic mass is 9.84. The fraction of sp³-hybridized carbons (Fsp3) is 0.350. The molecule has 0 bridgehead atoms. The van der Waals surface area contributed by atoms with Gasteiger partial charge in [-0.15, -0.1) is 0 Å². The average molecular weight is 339 g/mol. The molecule has 1 atom stereocenters. The highest BCUT2D eigenvalue weighted by Crippen LogP contribution is 2.45. The maximum atomic E-state index is 12.3. The molecule has 0 radical (unpaired) electrons. The van der Waals surface area contributed by atoms with Gasteiger partial charge in [-0.1, -0.05) is 25.1 Å². The summed E-state index contributed by atoms with van der Waals surface area (Å²) in [5.74, 6) is 2.19. The number of carbonyl (C=O) groups is 1. The van der Waals surface area contributed by atoms with Crippen LogP contribution < -0.4 is 19.5 Å². The Labute approximate surface area is 146 Å². The number of benzene rings is 2. The van der Waals surface area contributed by atoms with Gasteiger partial charge in [0, 0.05) is 29.7 Å². The largest absolute Gasteiger partial charge is 0.493 e. The molecule has 2 aliphatic heterocycles. The zero-order chi connectivity index (χ0) is 17.2. The molecule has 0 spiro atoms. The van der Waals surface area contributed by atoms with Gasteiger partial charge >= 0.3 is 0 Å². The van der Waals surface area contributed by atoms with Gasteiger partial charge in [0.25, 0.3) is 0 Å². The van der Waals surface area contributed by atoms with Crippen molar-refractivity contribution in [2.24, 2.45) is 0 Å². The topological polar surface area (TPSA) is 56.8 Å². The summed E-state index contributed by atoms with van der Waals surface area (Å²) in [4.78, 5) is 12.3. The van der Waals surface area contributed by atoms with Gasteiger partial charge in [0.15, 0.2) is 11.5 Å². The van der Waals surface area contributed by atoms with Gasteiger partial charge in [-0.25, -0.2) is 0 Å². The number of hydrogen-bond donors (Lipinski definition) is 1. The maximum Gasteiger partial charge on any atom is 0.225 e. The Kier molecular flexibility index (Phi) is 4.22. The van der Waals surface area contributed by atoms with Crippen molar-refractivity contribution in [3.05, 3.63) is 47.5 Å². The molecule has 2 aromatic carbocycles. The summed E-state index contributed by atoms with van der Waals surface area (Å²) in [6.45, 7) is 3.80. The first-order valence-electron chi connectivity index (χ1n) is 8.71. The number of ether oxygens (including phenoxy) is 3. The van der Waals surface area contributed by atoms with Crippen molar-refractivity contribution in [2.45, 2.75) is 25.7 Å². The van der Waals surface area contributed by atoms with E-state index in [1.165, 1.54) is 0 Å². The zero-order valence-electron chi connectivity index (χ0n) is 14.2. The Morgan fingerprint density at radius 1 is 1.12 bits per heavy atom. The van der Waals surface area contributed by atoms with E-state index in [1.807, 2.05) is 36.4 Å². The van der Waals surface area contributed by atoms with Crippen LogP contribution in [0, 0.1) is 0 Å². The van der Waals surface area contributed by atoms with E-state index in [9.17, 15) is 4.79 Å². The van der Waals surface area contributed by atoms with Gasteiger partial charge in [0.2, 0.25) is 5.91 Å². The van der Waals surface area contributed by atoms with Gasteiger partial charge in [0.05, 0.1) is 6.61 Å². The van der Waals surface area contributed by atoms with E-state index in [2.05, 4.69) is 12.2 Å². The molecule has 0 aliphatic carbocycles. The Hall–Kier alpha value is -2.69. The van der Waals surface area contributed by atoms with Crippen LogP contribution in [0.1, 0.15) is 36.8 Å². The third-order valence-electron chi connectivity index (χ3n) is 4.51. The summed E-state index contributed by atoms with van der Waals surface area (Å²) in [6, 6.07) is 11.8. The summed E-state index contributed by atoms with van der Waals surface area (Å²) in [7, 11) is 0. The van der Waals surface area contributed by atoms with Crippen molar-refractivity contribution in [2.75, 3.05) is 25.1 Å². The molecule has 0 fully saturated rings. The van der Waals surface area contributed by atoms with Crippen LogP contribution >= 0.6 is 0 Å². The molecule has 0 saturated heterocycles. The summed E-state index contributed by atoms with van der Waals surface area (Å²) in [6.07, 6.45) is 1.33. The highest BCUT2D eigenvalue weighted by Gasteiger charge is 2.31. The van der Waals surface area contributed by atoms with Crippen molar-refractivity contribution in [3.8, 4) is 17.2 Å². The molecule has 1 amide bonds. The Bertz CT molecular complexity index is 802. The zero-order valence-corrected chi connectivity index (χ0v) is 14.2. The average Bonchev–Trinajstić information content (AvgIpc) is 2.64. The number of fused-ring (bicyclic) bond motifs is 2. The van der Waals surface area contributed by atoms with Gasteiger partial charge in [0.1, 0.15) is 19.0 Å². The van der Waals surface area contributed by atoms with Crippen LogP contribution in [0.4, 0.5) is 5.69 Å². The lowest BCUT2D eigenvalue weighted by molar-refractivity contribution is -0.116. The molecular formula is C20H21NO4. The van der Waals surface area contributed by atoms with E-state index in [1.54, 1.807) is 0 Å². The number of para-hydroxylation sites is 1. The van der Waals surface area contributed by atoms with Gasteiger partial charge in [-0.2, -0.15) is 0 Å². The first kappa shape index (κ1) is 15.8. The van der Waals surface area contributed by atoms with E-state index >= 15 is 0 Å². The number of anilines is 1. The molecule has 0 aromatic heterocycles. The quantitative estimate of drug-likeness (QED) is 0.922. The van der Waals surface area contributed by atoms with E-state index < -0.39 is 0 Å². The number of hydrogen-bond acceptors (Lipinski definition) is 4. The predicted octanol–water partition coefficient (Wildman–Crippen LogP) is 3.72. The molecule has 1 N–H and O–H groups in total. The standard InChI is InChI=1S/C20H21NO4/c1-2-7-23-17-6-4-3-5-13(17)14-11-20(22)21-16-12-19-18(10-15(14)16)24-8-9-25-19/h3-6,10,12,14H,2,7-9,11H2,1H3,(H,21,22)/t14-/m0/s1. The lowest BCUT2D eigenvalue weighted by Gasteiger charge is -2.29. The molecule has 5 nitrogen and oxygen atoms in total. The number of carbonyl (C=O) groups excluding carboxylic acids is 1. The maximum absolute atomic E-state index is 12.3. The highest BCUT2D eigenvalue weighted by atomic mass is 16.6. The molecule has 25 heavy (non-hydrogen) atoms. The van der Waals surface area contributed by atoms with Crippen LogP contribution in [0.15, 0.2) is 36.4 Å². The second-order valence-corrected chi connectivity index (χ2v) is 6.27. The molecule has 130 valence electrons. The van der Waals surface area contributed by atoms with E-state index in [-0.39, 0.29) is 11.8 Å². The van der Waals surface area contributed by atoms with E-state index in [4.69, 9.17) is 14.2 Å². The molecule has 2 aliphatic rings. The predicted molar refractivity (Wildman–Crippen MR) is 94.7 cm³/mol. The number of nitrogens with one attached hydrogen (secondary N) is 1. The summed E-state index contributed by atoms with van der Waals surface area (Å²) >= 11 is 0. The highest BCUT2D eigenvalue weighted by molar-refractivity contribution is 5.96. The second kappa shape index (κ2) is 6.67. The lowest BCUT2D eigenvalue weighted by Crippen LogP contribution is -2.25.